The molecule has 0 fully saturated rings. The molecule has 1 aromatic heterocycles. The molecule has 0 aliphatic carbocycles. The predicted octanol–water partition coefficient (Wildman–Crippen LogP) is 1.94. The van der Waals surface area contributed by atoms with Gasteiger partial charge in [0.25, 0.3) is 0 Å². The number of sulfonamides is 1. The number of nitrogens with one attached hydrogen (secondary N) is 1. The van der Waals surface area contributed by atoms with Crippen LogP contribution in [0.5, 0.6) is 0 Å². The maximum Gasteiger partial charge on any atom is 0.232 e. The lowest BCUT2D eigenvalue weighted by atomic mass is 10.2. The van der Waals surface area contributed by atoms with Crippen LogP contribution in [0.2, 0.25) is 0 Å². The highest BCUT2D eigenvalue weighted by atomic mass is 32.2. The number of carbonyl (C=O) groups excluding carboxylic acids is 1. The van der Waals surface area contributed by atoms with Gasteiger partial charge in [-0.2, -0.15) is 0 Å². The molecule has 24 heavy (non-hydrogen) atoms. The molecule has 0 bridgehead atoms. The van der Waals surface area contributed by atoms with Crippen molar-refractivity contribution in [3.05, 3.63) is 60.4 Å². The van der Waals surface area contributed by atoms with E-state index in [1.54, 1.807) is 30.5 Å². The summed E-state index contributed by atoms with van der Waals surface area (Å²) in [6.07, 6.45) is 3.54. The minimum atomic E-state index is -3.38. The van der Waals surface area contributed by atoms with E-state index in [-0.39, 0.29) is 18.9 Å². The molecule has 1 amide bonds. The van der Waals surface area contributed by atoms with Crippen LogP contribution in [0.25, 0.3) is 0 Å². The van der Waals surface area contributed by atoms with Crippen LogP contribution in [0.3, 0.4) is 0 Å². The van der Waals surface area contributed by atoms with Crippen molar-refractivity contribution < 1.29 is 13.2 Å². The summed E-state index contributed by atoms with van der Waals surface area (Å²) in [6.45, 7) is 0.633. The zero-order chi connectivity index (χ0) is 17.4. The van der Waals surface area contributed by atoms with E-state index in [4.69, 9.17) is 0 Å². The Kier molecular flexibility index (Phi) is 6.31. The number of hydrogen-bond donors (Lipinski definition) is 1. The SMILES string of the molecule is CS(=O)(=O)N(CCCC(=O)NCc1ccccn1)c1ccccc1. The van der Waals surface area contributed by atoms with Crippen molar-refractivity contribution in [1.82, 2.24) is 10.3 Å². The average Bonchev–Trinajstić information content (AvgIpc) is 2.57. The number of rotatable bonds is 8. The topological polar surface area (TPSA) is 79.4 Å². The summed E-state index contributed by atoms with van der Waals surface area (Å²) in [5.41, 5.74) is 1.39. The van der Waals surface area contributed by atoms with Crippen molar-refractivity contribution in [3.63, 3.8) is 0 Å². The van der Waals surface area contributed by atoms with Crippen molar-refractivity contribution in [3.8, 4) is 0 Å². The molecule has 0 aliphatic rings. The van der Waals surface area contributed by atoms with Crippen LogP contribution in [-0.2, 0) is 21.4 Å². The fourth-order valence-corrected chi connectivity index (χ4v) is 3.21. The van der Waals surface area contributed by atoms with E-state index >= 15 is 0 Å². The molecule has 0 unspecified atom stereocenters. The zero-order valence-corrected chi connectivity index (χ0v) is 14.4. The van der Waals surface area contributed by atoms with Gasteiger partial charge in [-0.25, -0.2) is 8.42 Å². The van der Waals surface area contributed by atoms with Gasteiger partial charge < -0.3 is 5.32 Å². The van der Waals surface area contributed by atoms with Crippen LogP contribution in [0.15, 0.2) is 54.7 Å². The van der Waals surface area contributed by atoms with Gasteiger partial charge >= 0.3 is 0 Å². The molecule has 0 saturated heterocycles. The first kappa shape index (κ1) is 17.9. The Bertz CT molecular complexity index is 749. The number of para-hydroxylation sites is 1. The van der Waals surface area contributed by atoms with Crippen LogP contribution >= 0.6 is 0 Å². The van der Waals surface area contributed by atoms with Crippen molar-refractivity contribution in [2.24, 2.45) is 0 Å². The number of pyridine rings is 1. The van der Waals surface area contributed by atoms with Gasteiger partial charge in [-0.05, 0) is 30.7 Å². The van der Waals surface area contributed by atoms with Gasteiger partial charge in [-0.15, -0.1) is 0 Å². The average molecular weight is 347 g/mol. The van der Waals surface area contributed by atoms with E-state index in [1.165, 1.54) is 10.6 Å². The Labute approximate surface area is 142 Å². The lowest BCUT2D eigenvalue weighted by molar-refractivity contribution is -0.121. The molecule has 128 valence electrons. The van der Waals surface area contributed by atoms with Gasteiger partial charge in [-0.3, -0.25) is 14.1 Å². The van der Waals surface area contributed by atoms with Gasteiger partial charge in [0.05, 0.1) is 24.2 Å². The third-order valence-corrected chi connectivity index (χ3v) is 4.60. The number of benzene rings is 1. The summed E-state index contributed by atoms with van der Waals surface area (Å²) in [7, 11) is -3.38. The highest BCUT2D eigenvalue weighted by molar-refractivity contribution is 7.92. The van der Waals surface area contributed by atoms with Crippen LogP contribution in [-0.4, -0.2) is 32.1 Å². The molecule has 0 saturated carbocycles. The van der Waals surface area contributed by atoms with Crippen LogP contribution in [0.1, 0.15) is 18.5 Å². The maximum atomic E-state index is 11.9. The molecule has 1 N–H and O–H groups in total. The molecular formula is C17H21N3O3S. The lowest BCUT2D eigenvalue weighted by Gasteiger charge is -2.22. The highest BCUT2D eigenvalue weighted by Gasteiger charge is 2.17. The molecule has 0 atom stereocenters. The fraction of sp³-hybridized carbons (Fsp3) is 0.294. The largest absolute Gasteiger partial charge is 0.350 e. The van der Waals surface area contributed by atoms with Crippen molar-refractivity contribution >= 4 is 21.6 Å². The molecule has 0 spiro atoms. The zero-order valence-electron chi connectivity index (χ0n) is 13.6. The smallest absolute Gasteiger partial charge is 0.232 e. The summed E-state index contributed by atoms with van der Waals surface area (Å²) in [6, 6.07) is 14.4. The number of nitrogens with zero attached hydrogens (tertiary/aromatic N) is 2. The summed E-state index contributed by atoms with van der Waals surface area (Å²) in [5.74, 6) is -0.123. The second-order valence-electron chi connectivity index (χ2n) is 5.37. The number of aromatic nitrogens is 1. The molecule has 2 rings (SSSR count). The predicted molar refractivity (Wildman–Crippen MR) is 93.9 cm³/mol. The number of carbonyl (C=O) groups is 1. The molecule has 0 aliphatic heterocycles. The van der Waals surface area contributed by atoms with Gasteiger partial charge in [-0.1, -0.05) is 24.3 Å². The summed E-state index contributed by atoms with van der Waals surface area (Å²) in [5, 5.41) is 2.78. The van der Waals surface area contributed by atoms with E-state index in [2.05, 4.69) is 10.3 Å². The Balaban J connectivity index is 1.83. The standard InChI is InChI=1S/C17H21N3O3S/c1-24(22,23)20(16-9-3-2-4-10-16)13-7-11-17(21)19-14-15-8-5-6-12-18-15/h2-6,8-10,12H,7,11,13-14H2,1H3,(H,19,21). The summed E-state index contributed by atoms with van der Waals surface area (Å²) < 4.78 is 25.2. The molecular weight excluding hydrogens is 326 g/mol. The molecule has 1 aromatic carbocycles. The first-order valence-corrected chi connectivity index (χ1v) is 9.51. The Hall–Kier alpha value is -2.41. The van der Waals surface area contributed by atoms with Crippen molar-refractivity contribution in [1.29, 1.82) is 0 Å². The van der Waals surface area contributed by atoms with E-state index in [1.807, 2.05) is 24.3 Å². The van der Waals surface area contributed by atoms with E-state index in [9.17, 15) is 13.2 Å². The Morgan fingerprint density at radius 2 is 1.83 bits per heavy atom. The molecule has 2 aromatic rings. The van der Waals surface area contributed by atoms with Crippen LogP contribution in [0.4, 0.5) is 5.69 Å². The third-order valence-electron chi connectivity index (χ3n) is 3.40. The number of anilines is 1. The van der Waals surface area contributed by atoms with Crippen molar-refractivity contribution in [2.45, 2.75) is 19.4 Å². The minimum Gasteiger partial charge on any atom is -0.350 e. The normalized spacial score (nSPS) is 11.0. The number of hydrogen-bond acceptors (Lipinski definition) is 4. The Morgan fingerprint density at radius 1 is 1.12 bits per heavy atom. The van der Waals surface area contributed by atoms with Gasteiger partial charge in [0.2, 0.25) is 15.9 Å². The maximum absolute atomic E-state index is 11.9. The van der Waals surface area contributed by atoms with Gasteiger partial charge in [0, 0.05) is 19.2 Å². The monoisotopic (exact) mass is 347 g/mol. The van der Waals surface area contributed by atoms with Crippen LogP contribution in [0, 0.1) is 0 Å². The quantitative estimate of drug-likeness (QED) is 0.791. The summed E-state index contributed by atoms with van der Waals surface area (Å²) in [4.78, 5) is 16.0. The number of amides is 1. The molecule has 1 heterocycles. The third kappa shape index (κ3) is 5.66. The summed E-state index contributed by atoms with van der Waals surface area (Å²) >= 11 is 0. The Morgan fingerprint density at radius 3 is 2.46 bits per heavy atom. The van der Waals surface area contributed by atoms with Crippen LogP contribution < -0.4 is 9.62 Å². The first-order valence-electron chi connectivity index (χ1n) is 7.66. The van der Waals surface area contributed by atoms with E-state index in [0.29, 0.717) is 18.7 Å². The first-order chi connectivity index (χ1) is 11.5. The van der Waals surface area contributed by atoms with E-state index in [0.717, 1.165) is 5.69 Å². The second-order valence-corrected chi connectivity index (χ2v) is 7.28. The second kappa shape index (κ2) is 8.44. The fourth-order valence-electron chi connectivity index (χ4n) is 2.24. The highest BCUT2D eigenvalue weighted by Crippen LogP contribution is 2.17. The minimum absolute atomic E-state index is 0.123. The van der Waals surface area contributed by atoms with Gasteiger partial charge in [0.15, 0.2) is 0 Å². The molecule has 0 radical (unpaired) electrons. The van der Waals surface area contributed by atoms with Gasteiger partial charge in [0.1, 0.15) is 0 Å². The lowest BCUT2D eigenvalue weighted by Crippen LogP contribution is -2.32. The van der Waals surface area contributed by atoms with Crippen molar-refractivity contribution in [2.75, 3.05) is 17.1 Å². The molecule has 7 heteroatoms. The van der Waals surface area contributed by atoms with E-state index < -0.39 is 10.0 Å². The molecule has 6 nitrogen and oxygen atoms in total.